The summed E-state index contributed by atoms with van der Waals surface area (Å²) in [6.07, 6.45) is 6.06. The van der Waals surface area contributed by atoms with Crippen molar-refractivity contribution in [1.29, 1.82) is 0 Å². The summed E-state index contributed by atoms with van der Waals surface area (Å²) in [6.45, 7) is 0.114. The van der Waals surface area contributed by atoms with Crippen LogP contribution in [0.5, 0.6) is 0 Å². The third-order valence-electron chi connectivity index (χ3n) is 3.26. The zero-order valence-electron chi connectivity index (χ0n) is 9.63. The van der Waals surface area contributed by atoms with Crippen molar-refractivity contribution in [2.45, 2.75) is 25.7 Å². The van der Waals surface area contributed by atoms with Crippen molar-refractivity contribution in [3.8, 4) is 5.69 Å². The topological polar surface area (TPSA) is 50.9 Å². The number of hydrogen-bond acceptors (Lipinski definition) is 3. The summed E-state index contributed by atoms with van der Waals surface area (Å²) in [5.74, 6) is 0. The molecule has 1 aromatic heterocycles. The Kier molecular flexibility index (Phi) is 2.65. The van der Waals surface area contributed by atoms with E-state index in [9.17, 15) is 0 Å². The van der Waals surface area contributed by atoms with Crippen molar-refractivity contribution in [2.75, 3.05) is 6.61 Å². The number of nitrogens with zero attached hydrogens (tertiary/aromatic N) is 3. The maximum Gasteiger partial charge on any atom is 0.0854 e. The fraction of sp³-hybridized carbons (Fsp3) is 0.385. The lowest BCUT2D eigenvalue weighted by molar-refractivity contribution is 0.298. The number of fused-ring (bicyclic) bond motifs is 1. The van der Waals surface area contributed by atoms with Gasteiger partial charge in [-0.1, -0.05) is 11.3 Å². The minimum atomic E-state index is 0.114. The van der Waals surface area contributed by atoms with Crippen LogP contribution in [0.2, 0.25) is 0 Å². The molecule has 0 bridgehead atoms. The molecule has 0 saturated carbocycles. The van der Waals surface area contributed by atoms with Crippen molar-refractivity contribution >= 4 is 0 Å². The lowest BCUT2D eigenvalue weighted by Crippen LogP contribution is -1.96. The highest BCUT2D eigenvalue weighted by atomic mass is 16.3. The Bertz CT molecular complexity index is 533. The van der Waals surface area contributed by atoms with Crippen LogP contribution >= 0.6 is 0 Å². The molecule has 3 rings (SSSR count). The summed E-state index contributed by atoms with van der Waals surface area (Å²) in [5.41, 5.74) is 4.78. The lowest BCUT2D eigenvalue weighted by atomic mass is 10.1. The molecule has 1 aliphatic rings. The van der Waals surface area contributed by atoms with Crippen molar-refractivity contribution < 1.29 is 5.11 Å². The molecule has 0 aliphatic heterocycles. The molecule has 0 atom stereocenters. The second kappa shape index (κ2) is 4.30. The quantitative estimate of drug-likeness (QED) is 0.862. The van der Waals surface area contributed by atoms with Gasteiger partial charge in [-0.3, -0.25) is 0 Å². The third-order valence-corrected chi connectivity index (χ3v) is 3.26. The van der Waals surface area contributed by atoms with E-state index in [1.165, 1.54) is 30.4 Å². The van der Waals surface area contributed by atoms with Crippen LogP contribution in [0.15, 0.2) is 24.4 Å². The van der Waals surface area contributed by atoms with Crippen LogP contribution in [-0.4, -0.2) is 26.7 Å². The van der Waals surface area contributed by atoms with E-state index in [1.807, 2.05) is 6.20 Å². The number of aryl methyl sites for hydroxylation is 2. The van der Waals surface area contributed by atoms with Crippen LogP contribution < -0.4 is 0 Å². The summed E-state index contributed by atoms with van der Waals surface area (Å²) >= 11 is 0. The molecular formula is C13H15N3O. The molecule has 1 heterocycles. The molecule has 2 aromatic rings. The summed E-state index contributed by atoms with van der Waals surface area (Å²) in [7, 11) is 0. The number of rotatable bonds is 3. The second-order valence-electron chi connectivity index (χ2n) is 4.43. The summed E-state index contributed by atoms with van der Waals surface area (Å²) in [6, 6.07) is 6.46. The molecule has 1 aromatic carbocycles. The molecular weight excluding hydrogens is 214 g/mol. The zero-order valence-corrected chi connectivity index (χ0v) is 9.63. The van der Waals surface area contributed by atoms with Crippen LogP contribution in [0, 0.1) is 0 Å². The van der Waals surface area contributed by atoms with Gasteiger partial charge < -0.3 is 5.11 Å². The fourth-order valence-electron chi connectivity index (χ4n) is 2.35. The smallest absolute Gasteiger partial charge is 0.0854 e. The van der Waals surface area contributed by atoms with Gasteiger partial charge >= 0.3 is 0 Å². The number of benzene rings is 1. The van der Waals surface area contributed by atoms with Gasteiger partial charge in [0.15, 0.2) is 0 Å². The highest BCUT2D eigenvalue weighted by Crippen LogP contribution is 2.24. The van der Waals surface area contributed by atoms with Crippen molar-refractivity contribution in [1.82, 2.24) is 15.0 Å². The van der Waals surface area contributed by atoms with E-state index in [2.05, 4.69) is 28.5 Å². The molecule has 0 unspecified atom stereocenters. The molecule has 0 radical (unpaired) electrons. The van der Waals surface area contributed by atoms with E-state index < -0.39 is 0 Å². The Morgan fingerprint density at radius 3 is 3.00 bits per heavy atom. The second-order valence-corrected chi connectivity index (χ2v) is 4.43. The van der Waals surface area contributed by atoms with Crippen molar-refractivity contribution in [3.05, 3.63) is 41.2 Å². The van der Waals surface area contributed by atoms with Gasteiger partial charge in [0.1, 0.15) is 0 Å². The van der Waals surface area contributed by atoms with Crippen LogP contribution in [0.3, 0.4) is 0 Å². The fourth-order valence-corrected chi connectivity index (χ4v) is 2.35. The van der Waals surface area contributed by atoms with Gasteiger partial charge in [-0.25, -0.2) is 4.68 Å². The minimum absolute atomic E-state index is 0.114. The van der Waals surface area contributed by atoms with Crippen LogP contribution in [0.1, 0.15) is 23.2 Å². The Hall–Kier alpha value is -1.68. The SMILES string of the molecule is OCCc1cn(-c2ccc3c(c2)CCC3)nn1. The predicted molar refractivity (Wildman–Crippen MR) is 64.2 cm³/mol. The van der Waals surface area contributed by atoms with E-state index in [0.29, 0.717) is 6.42 Å². The molecule has 88 valence electrons. The van der Waals surface area contributed by atoms with E-state index in [0.717, 1.165) is 11.4 Å². The van der Waals surface area contributed by atoms with Gasteiger partial charge in [0, 0.05) is 13.0 Å². The molecule has 0 fully saturated rings. The first kappa shape index (κ1) is 10.5. The summed E-state index contributed by atoms with van der Waals surface area (Å²) in [4.78, 5) is 0. The molecule has 4 heteroatoms. The van der Waals surface area contributed by atoms with E-state index >= 15 is 0 Å². The van der Waals surface area contributed by atoms with Crippen LogP contribution in [-0.2, 0) is 19.3 Å². The maximum absolute atomic E-state index is 8.85. The van der Waals surface area contributed by atoms with E-state index in [1.54, 1.807) is 4.68 Å². The maximum atomic E-state index is 8.85. The summed E-state index contributed by atoms with van der Waals surface area (Å²) in [5, 5.41) is 17.0. The highest BCUT2D eigenvalue weighted by molar-refractivity contribution is 5.42. The standard InChI is InChI=1S/C13H15N3O/c17-7-6-12-9-16(15-14-12)13-5-4-10-2-1-3-11(10)8-13/h4-5,8-9,17H,1-3,6-7H2. The number of aliphatic hydroxyl groups excluding tert-OH is 1. The molecule has 1 N–H and O–H groups in total. The summed E-state index contributed by atoms with van der Waals surface area (Å²) < 4.78 is 1.78. The van der Waals surface area contributed by atoms with Crippen LogP contribution in [0.4, 0.5) is 0 Å². The van der Waals surface area contributed by atoms with Gasteiger partial charge in [-0.05, 0) is 42.5 Å². The van der Waals surface area contributed by atoms with Crippen molar-refractivity contribution in [2.24, 2.45) is 0 Å². The molecule has 0 amide bonds. The normalized spacial score (nSPS) is 13.9. The van der Waals surface area contributed by atoms with E-state index in [-0.39, 0.29) is 6.61 Å². The monoisotopic (exact) mass is 229 g/mol. The molecule has 0 saturated heterocycles. The molecule has 17 heavy (non-hydrogen) atoms. The Morgan fingerprint density at radius 2 is 2.12 bits per heavy atom. The average molecular weight is 229 g/mol. The van der Waals surface area contributed by atoms with E-state index in [4.69, 9.17) is 5.11 Å². The number of aromatic nitrogens is 3. The average Bonchev–Trinajstić information content (AvgIpc) is 2.96. The Morgan fingerprint density at radius 1 is 1.24 bits per heavy atom. The molecule has 4 nitrogen and oxygen atoms in total. The first-order valence-electron chi connectivity index (χ1n) is 6.01. The van der Waals surface area contributed by atoms with Gasteiger partial charge in [-0.2, -0.15) is 0 Å². The van der Waals surface area contributed by atoms with Gasteiger partial charge in [0.2, 0.25) is 0 Å². The lowest BCUT2D eigenvalue weighted by Gasteiger charge is -2.03. The zero-order chi connectivity index (χ0) is 11.7. The van der Waals surface area contributed by atoms with Gasteiger partial charge in [0.05, 0.1) is 17.6 Å². The third kappa shape index (κ3) is 1.96. The highest BCUT2D eigenvalue weighted by Gasteiger charge is 2.12. The van der Waals surface area contributed by atoms with Crippen LogP contribution in [0.25, 0.3) is 5.69 Å². The first-order valence-corrected chi connectivity index (χ1v) is 6.01. The number of hydrogen-bond donors (Lipinski definition) is 1. The van der Waals surface area contributed by atoms with Gasteiger partial charge in [0.25, 0.3) is 0 Å². The molecule has 1 aliphatic carbocycles. The molecule has 0 spiro atoms. The van der Waals surface area contributed by atoms with Crippen molar-refractivity contribution in [3.63, 3.8) is 0 Å². The minimum Gasteiger partial charge on any atom is -0.396 e. The largest absolute Gasteiger partial charge is 0.396 e. The first-order chi connectivity index (χ1) is 8.36. The number of aliphatic hydroxyl groups is 1. The predicted octanol–water partition coefficient (Wildman–Crippen LogP) is 1.29. The van der Waals surface area contributed by atoms with Gasteiger partial charge in [-0.15, -0.1) is 5.10 Å². The Labute approximate surface area is 99.9 Å². The Balaban J connectivity index is 1.92.